The van der Waals surface area contributed by atoms with E-state index in [4.69, 9.17) is 14.2 Å². The average Bonchev–Trinajstić information content (AvgIpc) is 3.49. The summed E-state index contributed by atoms with van der Waals surface area (Å²) in [5, 5.41) is 9.42. The number of carbonyl (C=O) groups excluding carboxylic acids is 2. The summed E-state index contributed by atoms with van der Waals surface area (Å²) >= 11 is 0. The summed E-state index contributed by atoms with van der Waals surface area (Å²) in [6.07, 6.45) is 4.62. The van der Waals surface area contributed by atoms with Gasteiger partial charge in [0.2, 0.25) is 0 Å². The lowest BCUT2D eigenvalue weighted by Gasteiger charge is -2.12. The second kappa shape index (κ2) is 10.5. The highest BCUT2D eigenvalue weighted by molar-refractivity contribution is 5.97. The molecule has 1 N–H and O–H groups in total. The van der Waals surface area contributed by atoms with Crippen LogP contribution in [0.5, 0.6) is 0 Å². The number of unbranched alkanes of at least 4 members (excludes halogenated alkanes) is 3. The molecule has 0 aromatic heterocycles. The van der Waals surface area contributed by atoms with Gasteiger partial charge in [-0.25, -0.2) is 14.4 Å². The Morgan fingerprint density at radius 1 is 1.15 bits per heavy atom. The van der Waals surface area contributed by atoms with Crippen molar-refractivity contribution in [3.63, 3.8) is 0 Å². The van der Waals surface area contributed by atoms with Crippen molar-refractivity contribution in [3.8, 4) is 0 Å². The van der Waals surface area contributed by atoms with Crippen LogP contribution in [0.4, 0.5) is 0 Å². The number of epoxide rings is 1. The lowest BCUT2D eigenvalue weighted by Crippen LogP contribution is -2.15. The number of hydrogen-bond acceptors (Lipinski definition) is 6. The van der Waals surface area contributed by atoms with E-state index in [9.17, 15) is 19.5 Å². The zero-order valence-corrected chi connectivity index (χ0v) is 15.1. The third kappa shape index (κ3) is 6.86. The van der Waals surface area contributed by atoms with Crippen molar-refractivity contribution >= 4 is 17.9 Å². The molecule has 1 aliphatic heterocycles. The number of esters is 2. The molecule has 0 spiro atoms. The summed E-state index contributed by atoms with van der Waals surface area (Å²) in [5.41, 5.74) is 0.896. The first kappa shape index (κ1) is 20.6. The Kier molecular flexibility index (Phi) is 8.00. The molecule has 1 aromatic rings. The van der Waals surface area contributed by atoms with Gasteiger partial charge in [-0.3, -0.25) is 0 Å². The molecular formula is C20H24O7. The normalized spacial score (nSPS) is 15.0. The van der Waals surface area contributed by atoms with Gasteiger partial charge in [0.1, 0.15) is 12.7 Å². The summed E-state index contributed by atoms with van der Waals surface area (Å²) < 4.78 is 15.1. The van der Waals surface area contributed by atoms with Crippen LogP contribution in [0.3, 0.4) is 0 Å². The van der Waals surface area contributed by atoms with Crippen molar-refractivity contribution in [2.45, 2.75) is 38.2 Å². The van der Waals surface area contributed by atoms with Crippen LogP contribution in [0, 0.1) is 0 Å². The highest BCUT2D eigenvalue weighted by atomic mass is 16.6. The SMILES string of the molecule is C=CC(=O)OCCCCCCc1c(C(=O)O)cccc1C(=O)OCC1CO1. The summed E-state index contributed by atoms with van der Waals surface area (Å²) in [6.45, 7) is 4.42. The Bertz CT molecular complexity index is 692. The van der Waals surface area contributed by atoms with Crippen LogP contribution >= 0.6 is 0 Å². The van der Waals surface area contributed by atoms with Crippen LogP contribution in [-0.2, 0) is 25.4 Å². The van der Waals surface area contributed by atoms with E-state index in [0.29, 0.717) is 31.6 Å². The molecule has 27 heavy (non-hydrogen) atoms. The number of aromatic carboxylic acids is 1. The van der Waals surface area contributed by atoms with Crippen LogP contribution in [0.15, 0.2) is 30.9 Å². The van der Waals surface area contributed by atoms with Crippen LogP contribution in [-0.4, -0.2) is 48.9 Å². The smallest absolute Gasteiger partial charge is 0.338 e. The molecule has 0 aliphatic carbocycles. The van der Waals surface area contributed by atoms with Crippen molar-refractivity contribution in [2.24, 2.45) is 0 Å². The second-order valence-corrected chi connectivity index (χ2v) is 6.23. The fourth-order valence-electron chi connectivity index (χ4n) is 2.65. The molecule has 1 aromatic carbocycles. The molecule has 1 heterocycles. The third-order valence-corrected chi connectivity index (χ3v) is 4.16. The number of carboxylic acid groups (broad SMARTS) is 1. The van der Waals surface area contributed by atoms with Gasteiger partial charge in [0, 0.05) is 6.08 Å². The maximum atomic E-state index is 12.3. The fourth-order valence-corrected chi connectivity index (χ4v) is 2.65. The zero-order chi connectivity index (χ0) is 19.6. The maximum Gasteiger partial charge on any atom is 0.338 e. The van der Waals surface area contributed by atoms with Gasteiger partial charge in [-0.1, -0.05) is 25.5 Å². The first-order valence-corrected chi connectivity index (χ1v) is 8.96. The van der Waals surface area contributed by atoms with E-state index in [1.54, 1.807) is 12.1 Å². The molecule has 0 saturated carbocycles. The Hall–Kier alpha value is -2.67. The Balaban J connectivity index is 1.88. The molecular weight excluding hydrogens is 352 g/mol. The topological polar surface area (TPSA) is 102 Å². The monoisotopic (exact) mass is 376 g/mol. The predicted molar refractivity (Wildman–Crippen MR) is 96.8 cm³/mol. The largest absolute Gasteiger partial charge is 0.478 e. The molecule has 1 saturated heterocycles. The van der Waals surface area contributed by atoms with Crippen LogP contribution in [0.1, 0.15) is 52.0 Å². The number of carboxylic acids is 1. The van der Waals surface area contributed by atoms with Crippen molar-refractivity contribution < 1.29 is 33.7 Å². The van der Waals surface area contributed by atoms with Gasteiger partial charge in [0.15, 0.2) is 0 Å². The highest BCUT2D eigenvalue weighted by Gasteiger charge is 2.26. The molecule has 0 bridgehead atoms. The van der Waals surface area contributed by atoms with Gasteiger partial charge < -0.3 is 19.3 Å². The summed E-state index contributed by atoms with van der Waals surface area (Å²) in [6, 6.07) is 4.63. The number of hydrogen-bond donors (Lipinski definition) is 1. The molecule has 7 nitrogen and oxygen atoms in total. The van der Waals surface area contributed by atoms with Gasteiger partial charge in [-0.15, -0.1) is 0 Å². The Morgan fingerprint density at radius 2 is 1.85 bits per heavy atom. The van der Waals surface area contributed by atoms with E-state index >= 15 is 0 Å². The number of ether oxygens (including phenoxy) is 3. The summed E-state index contributed by atoms with van der Waals surface area (Å²) in [5.74, 6) is -2.04. The van der Waals surface area contributed by atoms with Crippen LogP contribution < -0.4 is 0 Å². The Morgan fingerprint density at radius 3 is 2.52 bits per heavy atom. The molecule has 0 amide bonds. The zero-order valence-electron chi connectivity index (χ0n) is 15.1. The maximum absolute atomic E-state index is 12.3. The van der Waals surface area contributed by atoms with E-state index in [0.717, 1.165) is 25.3 Å². The lowest BCUT2D eigenvalue weighted by atomic mass is 9.95. The minimum atomic E-state index is -1.07. The number of benzene rings is 1. The third-order valence-electron chi connectivity index (χ3n) is 4.16. The van der Waals surface area contributed by atoms with E-state index < -0.39 is 17.9 Å². The van der Waals surface area contributed by atoms with Gasteiger partial charge in [0.25, 0.3) is 0 Å². The van der Waals surface area contributed by atoms with Gasteiger partial charge in [0.05, 0.1) is 24.3 Å². The second-order valence-electron chi connectivity index (χ2n) is 6.23. The minimum Gasteiger partial charge on any atom is -0.478 e. The fraction of sp³-hybridized carbons (Fsp3) is 0.450. The molecule has 1 aliphatic rings. The van der Waals surface area contributed by atoms with E-state index in [-0.39, 0.29) is 23.8 Å². The Labute approximate surface area is 157 Å². The number of carbonyl (C=O) groups is 3. The van der Waals surface area contributed by atoms with Crippen molar-refractivity contribution in [1.82, 2.24) is 0 Å². The highest BCUT2D eigenvalue weighted by Crippen LogP contribution is 2.21. The van der Waals surface area contributed by atoms with E-state index in [1.807, 2.05) is 0 Å². The molecule has 1 unspecified atom stereocenters. The standard InChI is InChI=1S/C20H24O7/c1-2-18(21)25-11-6-4-3-5-8-15-16(19(22)23)9-7-10-17(15)20(24)27-13-14-12-26-14/h2,7,9-10,14H,1,3-6,8,11-13H2,(H,22,23). The van der Waals surface area contributed by atoms with Gasteiger partial charge >= 0.3 is 17.9 Å². The first-order valence-electron chi connectivity index (χ1n) is 8.96. The molecule has 2 rings (SSSR count). The minimum absolute atomic E-state index is 0.0461. The van der Waals surface area contributed by atoms with Crippen LogP contribution in [0.25, 0.3) is 0 Å². The quantitative estimate of drug-likeness (QED) is 0.259. The number of rotatable bonds is 12. The van der Waals surface area contributed by atoms with Crippen molar-refractivity contribution in [2.75, 3.05) is 19.8 Å². The molecule has 146 valence electrons. The lowest BCUT2D eigenvalue weighted by molar-refractivity contribution is -0.137. The van der Waals surface area contributed by atoms with E-state index in [2.05, 4.69) is 6.58 Å². The van der Waals surface area contributed by atoms with E-state index in [1.165, 1.54) is 6.07 Å². The first-order chi connectivity index (χ1) is 13.0. The van der Waals surface area contributed by atoms with Gasteiger partial charge in [-0.2, -0.15) is 0 Å². The average molecular weight is 376 g/mol. The summed E-state index contributed by atoms with van der Waals surface area (Å²) in [7, 11) is 0. The van der Waals surface area contributed by atoms with Crippen molar-refractivity contribution in [3.05, 3.63) is 47.5 Å². The molecule has 1 fully saturated rings. The predicted octanol–water partition coefficient (Wildman–Crippen LogP) is 2.77. The molecule has 1 atom stereocenters. The molecule has 7 heteroatoms. The summed E-state index contributed by atoms with van der Waals surface area (Å²) in [4.78, 5) is 34.8. The van der Waals surface area contributed by atoms with Gasteiger partial charge in [-0.05, 0) is 37.0 Å². The molecule has 0 radical (unpaired) electrons. The van der Waals surface area contributed by atoms with Crippen molar-refractivity contribution in [1.29, 1.82) is 0 Å². The van der Waals surface area contributed by atoms with Crippen LogP contribution in [0.2, 0.25) is 0 Å².